The van der Waals surface area contributed by atoms with Gasteiger partial charge in [0, 0.05) is 12.7 Å². The van der Waals surface area contributed by atoms with E-state index in [0.717, 1.165) is 5.69 Å². The number of aromatic amines is 1. The number of aromatic nitrogens is 2. The molecule has 0 aliphatic heterocycles. The second-order valence-corrected chi connectivity index (χ2v) is 2.52. The first-order chi connectivity index (χ1) is 5.81. The molecular weight excluding hydrogens is 157 g/mol. The van der Waals surface area contributed by atoms with E-state index >= 15 is 0 Å². The number of nitrogens with zero attached hydrogens (tertiary/aromatic N) is 1. The van der Waals surface area contributed by atoms with Gasteiger partial charge in [-0.05, 0) is 18.2 Å². The van der Waals surface area contributed by atoms with E-state index in [-0.39, 0.29) is 0 Å². The monoisotopic (exact) mass is 165 g/mol. The lowest BCUT2D eigenvalue weighted by atomic mass is 10.2. The van der Waals surface area contributed by atoms with Gasteiger partial charge in [-0.15, -0.1) is 5.10 Å². The van der Waals surface area contributed by atoms with Gasteiger partial charge in [0.2, 0.25) is 5.95 Å². The molecule has 0 spiro atoms. The fourth-order valence-electron chi connectivity index (χ4n) is 1.14. The summed E-state index contributed by atoms with van der Waals surface area (Å²) in [7, 11) is 1.79. The number of fused-ring (bicyclic) bond motifs is 1. The van der Waals surface area contributed by atoms with Gasteiger partial charge in [-0.25, -0.2) is 0 Å². The van der Waals surface area contributed by atoms with Gasteiger partial charge in [-0.1, -0.05) is 0 Å². The average Bonchev–Trinajstić information content (AvgIpc) is 2.47. The Kier molecular flexibility index (Phi) is 1.46. The number of nitrogens with one attached hydrogen (secondary N) is 2. The minimum Gasteiger partial charge on any atom is -0.388 e. The van der Waals surface area contributed by atoms with Crippen LogP contribution < -0.4 is 5.32 Å². The van der Waals surface area contributed by atoms with Crippen molar-refractivity contribution in [3.63, 3.8) is 0 Å². The Labute approximate surface area is 68.6 Å². The van der Waals surface area contributed by atoms with Crippen LogP contribution in [0.25, 0.3) is 10.9 Å². The molecule has 2 rings (SSSR count). The molecule has 4 heteroatoms. The lowest BCUT2D eigenvalue weighted by Gasteiger charge is -1.97. The third-order valence-corrected chi connectivity index (χ3v) is 1.81. The maximum Gasteiger partial charge on any atom is 0.240 e. The van der Waals surface area contributed by atoms with Crippen LogP contribution >= 0.6 is 0 Å². The van der Waals surface area contributed by atoms with Crippen LogP contribution in [0.1, 0.15) is 0 Å². The maximum absolute atomic E-state index is 12.9. The molecule has 0 amide bonds. The molecule has 0 aliphatic carbocycles. The van der Waals surface area contributed by atoms with Gasteiger partial charge >= 0.3 is 0 Å². The highest BCUT2D eigenvalue weighted by Crippen LogP contribution is 2.18. The summed E-state index contributed by atoms with van der Waals surface area (Å²) in [6, 6.07) is 5.37. The van der Waals surface area contributed by atoms with E-state index in [1.165, 1.54) is 0 Å². The Bertz CT molecular complexity index is 408. The molecule has 12 heavy (non-hydrogen) atoms. The topological polar surface area (TPSA) is 40.7 Å². The number of anilines is 1. The molecule has 0 unspecified atom stereocenters. The predicted octanol–water partition coefficient (Wildman–Crippen LogP) is 1.74. The molecular formula is C8H8FN3. The van der Waals surface area contributed by atoms with E-state index < -0.39 is 5.95 Å². The van der Waals surface area contributed by atoms with Crippen LogP contribution in [0.4, 0.5) is 10.1 Å². The highest BCUT2D eigenvalue weighted by Gasteiger charge is 2.03. The summed E-state index contributed by atoms with van der Waals surface area (Å²) in [4.78, 5) is 0. The highest BCUT2D eigenvalue weighted by atomic mass is 19.1. The molecule has 0 atom stereocenters. The molecule has 0 radical (unpaired) electrons. The van der Waals surface area contributed by atoms with E-state index in [0.29, 0.717) is 10.9 Å². The second kappa shape index (κ2) is 2.48. The van der Waals surface area contributed by atoms with E-state index in [1.54, 1.807) is 19.2 Å². The first-order valence-electron chi connectivity index (χ1n) is 3.62. The number of benzene rings is 1. The Hall–Kier alpha value is -1.58. The largest absolute Gasteiger partial charge is 0.388 e. The Balaban J connectivity index is 2.71. The van der Waals surface area contributed by atoms with Crippen molar-refractivity contribution in [2.75, 3.05) is 12.4 Å². The van der Waals surface area contributed by atoms with Crippen molar-refractivity contribution in [3.05, 3.63) is 24.1 Å². The number of rotatable bonds is 1. The fraction of sp³-hybridized carbons (Fsp3) is 0.125. The molecule has 1 heterocycles. The minimum absolute atomic E-state index is 0.456. The first kappa shape index (κ1) is 7.09. The zero-order chi connectivity index (χ0) is 8.55. The van der Waals surface area contributed by atoms with E-state index in [1.807, 2.05) is 6.07 Å². The van der Waals surface area contributed by atoms with Crippen molar-refractivity contribution < 1.29 is 4.39 Å². The van der Waals surface area contributed by atoms with Crippen LogP contribution in [-0.4, -0.2) is 17.2 Å². The molecule has 0 saturated carbocycles. The van der Waals surface area contributed by atoms with Crippen LogP contribution in [0.2, 0.25) is 0 Å². The maximum atomic E-state index is 12.9. The first-order valence-corrected chi connectivity index (χ1v) is 3.62. The normalized spacial score (nSPS) is 10.5. The Morgan fingerprint density at radius 3 is 3.08 bits per heavy atom. The predicted molar refractivity (Wildman–Crippen MR) is 45.6 cm³/mol. The summed E-state index contributed by atoms with van der Waals surface area (Å²) in [5.74, 6) is -0.456. The second-order valence-electron chi connectivity index (χ2n) is 2.52. The van der Waals surface area contributed by atoms with Gasteiger partial charge in [-0.2, -0.15) is 4.39 Å². The van der Waals surface area contributed by atoms with Crippen molar-refractivity contribution in [3.8, 4) is 0 Å². The molecule has 2 N–H and O–H groups in total. The van der Waals surface area contributed by atoms with Gasteiger partial charge < -0.3 is 5.32 Å². The van der Waals surface area contributed by atoms with Crippen molar-refractivity contribution in [2.24, 2.45) is 0 Å². The lowest BCUT2D eigenvalue weighted by molar-refractivity contribution is 0.588. The number of hydrogen-bond acceptors (Lipinski definition) is 2. The summed E-state index contributed by atoms with van der Waals surface area (Å²) >= 11 is 0. The number of hydrogen-bond donors (Lipinski definition) is 2. The molecule has 1 aromatic heterocycles. The van der Waals surface area contributed by atoms with Crippen molar-refractivity contribution in [2.45, 2.75) is 0 Å². The summed E-state index contributed by atoms with van der Waals surface area (Å²) < 4.78 is 12.9. The van der Waals surface area contributed by atoms with Crippen LogP contribution in [-0.2, 0) is 0 Å². The van der Waals surface area contributed by atoms with Crippen molar-refractivity contribution >= 4 is 16.6 Å². The molecule has 0 bridgehead atoms. The van der Waals surface area contributed by atoms with Crippen molar-refractivity contribution in [1.29, 1.82) is 0 Å². The molecule has 62 valence electrons. The summed E-state index contributed by atoms with van der Waals surface area (Å²) in [5, 5.41) is 9.48. The molecule has 2 aromatic rings. The highest BCUT2D eigenvalue weighted by molar-refractivity contribution is 5.82. The third kappa shape index (κ3) is 0.922. The Morgan fingerprint density at radius 1 is 1.50 bits per heavy atom. The molecule has 1 aromatic carbocycles. The summed E-state index contributed by atoms with van der Waals surface area (Å²) in [6.07, 6.45) is 0. The van der Waals surface area contributed by atoms with Crippen LogP contribution in [0.5, 0.6) is 0 Å². The molecule has 0 saturated heterocycles. The zero-order valence-electron chi connectivity index (χ0n) is 6.56. The number of halogens is 1. The lowest BCUT2D eigenvalue weighted by Crippen LogP contribution is -1.86. The van der Waals surface area contributed by atoms with Crippen molar-refractivity contribution in [1.82, 2.24) is 10.2 Å². The molecule has 0 fully saturated rings. The molecule has 0 aliphatic rings. The van der Waals surface area contributed by atoms with E-state index in [2.05, 4.69) is 15.5 Å². The average molecular weight is 165 g/mol. The zero-order valence-corrected chi connectivity index (χ0v) is 6.56. The quantitative estimate of drug-likeness (QED) is 0.675. The number of H-pyrrole nitrogens is 1. The molecule has 3 nitrogen and oxygen atoms in total. The van der Waals surface area contributed by atoms with Crippen LogP contribution in [0, 0.1) is 5.95 Å². The Morgan fingerprint density at radius 2 is 2.33 bits per heavy atom. The van der Waals surface area contributed by atoms with E-state index in [4.69, 9.17) is 0 Å². The van der Waals surface area contributed by atoms with Crippen LogP contribution in [0.3, 0.4) is 0 Å². The fourth-order valence-corrected chi connectivity index (χ4v) is 1.14. The SMILES string of the molecule is CNc1ccc2[nH]nc(F)c2c1. The van der Waals surface area contributed by atoms with Crippen LogP contribution in [0.15, 0.2) is 18.2 Å². The van der Waals surface area contributed by atoms with Gasteiger partial charge in [0.25, 0.3) is 0 Å². The van der Waals surface area contributed by atoms with Gasteiger partial charge in [0.05, 0.1) is 10.9 Å². The standard InChI is InChI=1S/C8H8FN3/c1-10-5-2-3-7-6(4-5)8(9)12-11-7/h2-4,10H,1H3,(H,11,12). The van der Waals surface area contributed by atoms with Gasteiger partial charge in [0.15, 0.2) is 0 Å². The van der Waals surface area contributed by atoms with Gasteiger partial charge in [0.1, 0.15) is 0 Å². The van der Waals surface area contributed by atoms with Gasteiger partial charge in [-0.3, -0.25) is 5.10 Å². The minimum atomic E-state index is -0.456. The summed E-state index contributed by atoms with van der Waals surface area (Å²) in [5.41, 5.74) is 1.59. The summed E-state index contributed by atoms with van der Waals surface area (Å²) in [6.45, 7) is 0. The smallest absolute Gasteiger partial charge is 0.240 e. The third-order valence-electron chi connectivity index (χ3n) is 1.81. The van der Waals surface area contributed by atoms with E-state index in [9.17, 15) is 4.39 Å².